The van der Waals surface area contributed by atoms with Crippen LogP contribution in [0.25, 0.3) is 0 Å². The van der Waals surface area contributed by atoms with Gasteiger partial charge in [-0.05, 0) is 18.6 Å². The Kier molecular flexibility index (Phi) is 3.60. The minimum absolute atomic E-state index is 0.355. The van der Waals surface area contributed by atoms with Gasteiger partial charge in [-0.1, -0.05) is 46.9 Å². The topological polar surface area (TPSA) is 17.1 Å². The number of halogens is 3. The molecule has 1 aromatic rings. The summed E-state index contributed by atoms with van der Waals surface area (Å²) in [6, 6.07) is 5.19. The fourth-order valence-corrected chi connectivity index (χ4v) is 1.59. The van der Waals surface area contributed by atoms with Crippen LogP contribution >= 0.6 is 34.8 Å². The van der Waals surface area contributed by atoms with Crippen molar-refractivity contribution in [2.75, 3.05) is 0 Å². The van der Waals surface area contributed by atoms with Crippen molar-refractivity contribution >= 4 is 40.6 Å². The highest BCUT2D eigenvalue weighted by atomic mass is 35.5. The van der Waals surface area contributed by atoms with Gasteiger partial charge in [-0.3, -0.25) is 4.79 Å². The van der Waals surface area contributed by atoms with Gasteiger partial charge in [0.2, 0.25) is 0 Å². The Morgan fingerprint density at radius 3 is 2.46 bits per heavy atom. The second kappa shape index (κ2) is 4.32. The number of carbonyl (C=O) groups is 1. The summed E-state index contributed by atoms with van der Waals surface area (Å²) < 4.78 is 0. The normalized spacial score (nSPS) is 10.5. The number of rotatable bonds is 2. The van der Waals surface area contributed by atoms with Crippen LogP contribution < -0.4 is 0 Å². The molecule has 0 heterocycles. The lowest BCUT2D eigenvalue weighted by Crippen LogP contribution is -2.10. The van der Waals surface area contributed by atoms with Gasteiger partial charge >= 0.3 is 0 Å². The van der Waals surface area contributed by atoms with Crippen LogP contribution in [0.4, 0.5) is 0 Å². The molecule has 1 nitrogen and oxygen atoms in total. The van der Waals surface area contributed by atoms with Crippen LogP contribution in [0.2, 0.25) is 5.02 Å². The van der Waals surface area contributed by atoms with Crippen LogP contribution in [0.3, 0.4) is 0 Å². The summed E-state index contributed by atoms with van der Waals surface area (Å²) in [7, 11) is 0. The number of Topliss-reactive ketones (excluding diaryl/α,β-unsaturated/α-hetero) is 1. The van der Waals surface area contributed by atoms with E-state index in [9.17, 15) is 4.79 Å². The van der Waals surface area contributed by atoms with Crippen molar-refractivity contribution in [3.63, 3.8) is 0 Å². The number of hydrogen-bond acceptors (Lipinski definition) is 1. The SMILES string of the molecule is Cc1cccc(Cl)c1C(=O)C(Cl)Cl. The highest BCUT2D eigenvalue weighted by Gasteiger charge is 2.18. The Morgan fingerprint density at radius 2 is 2.00 bits per heavy atom. The van der Waals surface area contributed by atoms with Crippen LogP contribution in [0.1, 0.15) is 15.9 Å². The number of carbonyl (C=O) groups excluding carboxylic acids is 1. The second-order valence-electron chi connectivity index (χ2n) is 2.60. The van der Waals surface area contributed by atoms with Gasteiger partial charge in [0, 0.05) is 5.56 Å². The number of hydrogen-bond donors (Lipinski definition) is 0. The Balaban J connectivity index is 3.20. The highest BCUT2D eigenvalue weighted by molar-refractivity contribution is 6.56. The third-order valence-corrected chi connectivity index (χ3v) is 2.38. The molecule has 0 radical (unpaired) electrons. The van der Waals surface area contributed by atoms with Crippen molar-refractivity contribution in [2.45, 2.75) is 11.8 Å². The van der Waals surface area contributed by atoms with Crippen molar-refractivity contribution in [3.05, 3.63) is 34.3 Å². The van der Waals surface area contributed by atoms with E-state index >= 15 is 0 Å². The zero-order valence-electron chi connectivity index (χ0n) is 6.85. The molecule has 0 spiro atoms. The average molecular weight is 238 g/mol. The molecule has 70 valence electrons. The fourth-order valence-electron chi connectivity index (χ4n) is 1.05. The molecule has 0 saturated heterocycles. The summed E-state index contributed by atoms with van der Waals surface area (Å²) in [5.41, 5.74) is 1.18. The van der Waals surface area contributed by atoms with E-state index < -0.39 is 4.84 Å². The Hall–Kier alpha value is -0.240. The van der Waals surface area contributed by atoms with Crippen LogP contribution in [-0.4, -0.2) is 10.6 Å². The minimum Gasteiger partial charge on any atom is -0.291 e. The van der Waals surface area contributed by atoms with Gasteiger partial charge in [0.05, 0.1) is 5.02 Å². The van der Waals surface area contributed by atoms with Crippen molar-refractivity contribution in [1.29, 1.82) is 0 Å². The largest absolute Gasteiger partial charge is 0.291 e. The third-order valence-electron chi connectivity index (χ3n) is 1.67. The van der Waals surface area contributed by atoms with E-state index in [1.165, 1.54) is 0 Å². The minimum atomic E-state index is -1.06. The molecule has 0 aliphatic carbocycles. The monoisotopic (exact) mass is 236 g/mol. The summed E-state index contributed by atoms with van der Waals surface area (Å²) in [6.45, 7) is 1.79. The zero-order valence-corrected chi connectivity index (χ0v) is 9.12. The maximum absolute atomic E-state index is 11.4. The maximum Gasteiger partial charge on any atom is 0.197 e. The molecular formula is C9H7Cl3O. The molecule has 0 aromatic heterocycles. The first-order valence-corrected chi connectivity index (χ1v) is 4.86. The zero-order chi connectivity index (χ0) is 10.0. The molecule has 0 saturated carbocycles. The summed E-state index contributed by atoms with van der Waals surface area (Å²) in [5, 5.41) is 0.385. The van der Waals surface area contributed by atoms with Crippen LogP contribution in [0.15, 0.2) is 18.2 Å². The van der Waals surface area contributed by atoms with E-state index in [2.05, 4.69) is 0 Å². The Bertz CT molecular complexity index is 313. The van der Waals surface area contributed by atoms with E-state index in [4.69, 9.17) is 34.8 Å². The molecule has 1 rings (SSSR count). The summed E-state index contributed by atoms with van der Waals surface area (Å²) in [6.07, 6.45) is 0. The predicted molar refractivity (Wildman–Crippen MR) is 56.0 cm³/mol. The fraction of sp³-hybridized carbons (Fsp3) is 0.222. The highest BCUT2D eigenvalue weighted by Crippen LogP contribution is 2.23. The number of aryl methyl sites for hydroxylation is 1. The maximum atomic E-state index is 11.4. The molecule has 4 heteroatoms. The molecule has 0 fully saturated rings. The van der Waals surface area contributed by atoms with E-state index in [1.807, 2.05) is 0 Å². The van der Waals surface area contributed by atoms with Crippen LogP contribution in [0, 0.1) is 6.92 Å². The van der Waals surface area contributed by atoms with Crippen molar-refractivity contribution in [2.24, 2.45) is 0 Å². The van der Waals surface area contributed by atoms with Crippen molar-refractivity contribution in [3.8, 4) is 0 Å². The Labute approximate surface area is 91.6 Å². The quantitative estimate of drug-likeness (QED) is 0.567. The molecule has 0 aliphatic heterocycles. The molecule has 0 atom stereocenters. The van der Waals surface area contributed by atoms with Gasteiger partial charge in [-0.25, -0.2) is 0 Å². The van der Waals surface area contributed by atoms with Gasteiger partial charge < -0.3 is 0 Å². The van der Waals surface area contributed by atoms with E-state index in [-0.39, 0.29) is 5.78 Å². The van der Waals surface area contributed by atoms with Gasteiger partial charge in [0.1, 0.15) is 0 Å². The summed E-state index contributed by atoms with van der Waals surface area (Å²) in [4.78, 5) is 10.4. The second-order valence-corrected chi connectivity index (χ2v) is 4.10. The van der Waals surface area contributed by atoms with Gasteiger partial charge in [0.25, 0.3) is 0 Å². The van der Waals surface area contributed by atoms with Gasteiger partial charge in [-0.15, -0.1) is 0 Å². The lowest BCUT2D eigenvalue weighted by atomic mass is 10.1. The van der Waals surface area contributed by atoms with Gasteiger partial charge in [0.15, 0.2) is 10.6 Å². The number of ketones is 1. The molecule has 1 aromatic carbocycles. The molecule has 13 heavy (non-hydrogen) atoms. The van der Waals surface area contributed by atoms with Crippen LogP contribution in [0.5, 0.6) is 0 Å². The van der Waals surface area contributed by atoms with Crippen LogP contribution in [-0.2, 0) is 0 Å². The average Bonchev–Trinajstić information content (AvgIpc) is 2.03. The molecule has 0 amide bonds. The lowest BCUT2D eigenvalue weighted by Gasteiger charge is -2.06. The molecule has 0 N–H and O–H groups in total. The summed E-state index contributed by atoms with van der Waals surface area (Å²) >= 11 is 16.8. The van der Waals surface area contributed by atoms with Crippen molar-refractivity contribution in [1.82, 2.24) is 0 Å². The van der Waals surface area contributed by atoms with Gasteiger partial charge in [-0.2, -0.15) is 0 Å². The third kappa shape index (κ3) is 2.37. The first-order valence-electron chi connectivity index (χ1n) is 3.61. The number of benzene rings is 1. The summed E-state index contributed by atoms with van der Waals surface area (Å²) in [5.74, 6) is -0.355. The number of alkyl halides is 2. The Morgan fingerprint density at radius 1 is 1.38 bits per heavy atom. The first kappa shape index (κ1) is 10.8. The van der Waals surface area contributed by atoms with Crippen molar-refractivity contribution < 1.29 is 4.79 Å². The predicted octanol–water partition coefficient (Wildman–Crippen LogP) is 3.63. The molecular weight excluding hydrogens is 230 g/mol. The smallest absolute Gasteiger partial charge is 0.197 e. The molecule has 0 aliphatic rings. The standard InChI is InChI=1S/C9H7Cl3O/c1-5-3-2-4-6(10)7(5)8(13)9(11)12/h2-4,9H,1H3. The van der Waals surface area contributed by atoms with E-state index in [0.29, 0.717) is 10.6 Å². The lowest BCUT2D eigenvalue weighted by molar-refractivity contribution is 0.101. The first-order chi connectivity index (χ1) is 6.04. The van der Waals surface area contributed by atoms with E-state index in [0.717, 1.165) is 5.56 Å². The molecule has 0 bridgehead atoms. The molecule has 0 unspecified atom stereocenters. The van der Waals surface area contributed by atoms with E-state index in [1.54, 1.807) is 25.1 Å².